The number of hydrogen-bond acceptors (Lipinski definition) is 5. The maximum atomic E-state index is 13.2. The van der Waals surface area contributed by atoms with E-state index in [1.54, 1.807) is 39.1 Å². The molecule has 1 amide bonds. The molecule has 0 spiro atoms. The van der Waals surface area contributed by atoms with Crippen molar-refractivity contribution in [3.63, 3.8) is 0 Å². The molecule has 1 aliphatic heterocycles. The van der Waals surface area contributed by atoms with Crippen LogP contribution >= 0.6 is 23.2 Å². The molecule has 9 heteroatoms. The molecular formula is C28H24Cl2N4O3. The summed E-state index contributed by atoms with van der Waals surface area (Å²) in [7, 11) is 0. The number of halogens is 2. The average Bonchev–Trinajstić information content (AvgIpc) is 3.51. The molecule has 5 rings (SSSR count). The van der Waals surface area contributed by atoms with E-state index in [-0.39, 0.29) is 11.7 Å². The topological polar surface area (TPSA) is 111 Å². The molecule has 2 atom stereocenters. The van der Waals surface area contributed by atoms with Crippen molar-refractivity contribution in [1.82, 2.24) is 15.2 Å². The van der Waals surface area contributed by atoms with E-state index in [2.05, 4.69) is 10.2 Å². The summed E-state index contributed by atoms with van der Waals surface area (Å²) >= 11 is 12.9. The third kappa shape index (κ3) is 4.61. The Labute approximate surface area is 224 Å². The Morgan fingerprint density at radius 2 is 1.68 bits per heavy atom. The lowest BCUT2D eigenvalue weighted by Crippen LogP contribution is -2.42. The van der Waals surface area contributed by atoms with Crippen LogP contribution in [0.15, 0.2) is 60.8 Å². The van der Waals surface area contributed by atoms with Crippen LogP contribution < -0.4 is 10.5 Å². The first kappa shape index (κ1) is 25.0. The third-order valence-corrected chi connectivity index (χ3v) is 6.95. The summed E-state index contributed by atoms with van der Waals surface area (Å²) in [5, 5.41) is 7.96. The number of hydrogen-bond donors (Lipinski definition) is 2. The molecule has 188 valence electrons. The monoisotopic (exact) mass is 534 g/mol. The number of pyridine rings is 1. The van der Waals surface area contributed by atoms with Gasteiger partial charge in [0.25, 0.3) is 0 Å². The number of nitrogens with two attached hydrogens (primary N) is 1. The Hall–Kier alpha value is -3.68. The number of ketones is 1. The van der Waals surface area contributed by atoms with Gasteiger partial charge >= 0.3 is 0 Å². The molecule has 1 aliphatic rings. The number of aromatic nitrogens is 3. The summed E-state index contributed by atoms with van der Waals surface area (Å²) in [6.07, 6.45) is 0.603. The Morgan fingerprint density at radius 3 is 2.27 bits per heavy atom. The first-order valence-corrected chi connectivity index (χ1v) is 12.4. The van der Waals surface area contributed by atoms with E-state index in [1.165, 1.54) is 0 Å². The van der Waals surface area contributed by atoms with Gasteiger partial charge in [-0.3, -0.25) is 14.7 Å². The number of carbonyl (C=O) groups excluding carboxylic acids is 2. The minimum atomic E-state index is -1.06. The van der Waals surface area contributed by atoms with Crippen molar-refractivity contribution in [3.8, 4) is 39.5 Å². The summed E-state index contributed by atoms with van der Waals surface area (Å²) in [5.41, 5.74) is 9.89. The number of fused-ring (bicyclic) bond motifs is 1. The number of rotatable bonds is 5. The van der Waals surface area contributed by atoms with Gasteiger partial charge in [0.05, 0.1) is 16.4 Å². The van der Waals surface area contributed by atoms with Gasteiger partial charge in [-0.1, -0.05) is 68.2 Å². The highest BCUT2D eigenvalue weighted by Gasteiger charge is 2.47. The minimum absolute atomic E-state index is 0.188. The average molecular weight is 535 g/mol. The van der Waals surface area contributed by atoms with Crippen molar-refractivity contribution in [2.75, 3.05) is 0 Å². The smallest absolute Gasteiger partial charge is 0.229 e. The number of amides is 1. The van der Waals surface area contributed by atoms with Gasteiger partial charge in [-0.25, -0.2) is 4.98 Å². The van der Waals surface area contributed by atoms with Crippen LogP contribution in [0.3, 0.4) is 0 Å². The number of carbonyl (C=O) groups is 2. The van der Waals surface area contributed by atoms with Crippen molar-refractivity contribution in [2.24, 2.45) is 11.1 Å². The van der Waals surface area contributed by atoms with Gasteiger partial charge in [0.1, 0.15) is 5.92 Å². The molecule has 37 heavy (non-hydrogen) atoms. The van der Waals surface area contributed by atoms with E-state index >= 15 is 0 Å². The van der Waals surface area contributed by atoms with Crippen molar-refractivity contribution in [1.29, 1.82) is 0 Å². The number of Topliss-reactive ketones (excluding diaryl/α,β-unsaturated/α-hetero) is 1. The standard InChI is InChI=1S/C28H24Cl2N4O3/c1-28(2,3)25(35)24-22(26(31)36)19-13-18(14-4-7-16(29)8-5-14)23(33-27(19)37-24)17-9-6-15(12-20(17)30)21-10-11-32-34-21/h4-13,22,24H,1-3H3,(H2,31,36)(H,32,34). The van der Waals surface area contributed by atoms with E-state index < -0.39 is 23.3 Å². The zero-order chi connectivity index (χ0) is 26.5. The van der Waals surface area contributed by atoms with E-state index in [0.29, 0.717) is 32.4 Å². The lowest BCUT2D eigenvalue weighted by molar-refractivity contribution is -0.136. The SMILES string of the molecule is CC(C)(C)C(=O)C1Oc2nc(-c3ccc(-c4ccn[nH]4)cc3Cl)c(-c3ccc(Cl)cc3)cc2C1C(N)=O. The third-order valence-electron chi connectivity index (χ3n) is 6.39. The molecule has 7 nitrogen and oxygen atoms in total. The quantitative estimate of drug-likeness (QED) is 0.323. The zero-order valence-electron chi connectivity index (χ0n) is 20.4. The summed E-state index contributed by atoms with van der Waals surface area (Å²) < 4.78 is 6.02. The number of ether oxygens (including phenoxy) is 1. The van der Waals surface area contributed by atoms with Crippen molar-refractivity contribution in [3.05, 3.63) is 76.4 Å². The second kappa shape index (κ2) is 9.32. The molecule has 2 aromatic carbocycles. The predicted octanol–water partition coefficient (Wildman–Crippen LogP) is 6.06. The summed E-state index contributed by atoms with van der Waals surface area (Å²) in [6, 6.07) is 16.5. The van der Waals surface area contributed by atoms with Crippen LogP contribution in [-0.4, -0.2) is 33.0 Å². The predicted molar refractivity (Wildman–Crippen MR) is 144 cm³/mol. The van der Waals surface area contributed by atoms with E-state index in [9.17, 15) is 9.59 Å². The van der Waals surface area contributed by atoms with Crippen LogP contribution in [0.5, 0.6) is 5.88 Å². The van der Waals surface area contributed by atoms with Crippen LogP contribution in [0.2, 0.25) is 10.0 Å². The van der Waals surface area contributed by atoms with Crippen LogP contribution in [0, 0.1) is 5.41 Å². The van der Waals surface area contributed by atoms with Gasteiger partial charge in [-0.05, 0) is 35.9 Å². The van der Waals surface area contributed by atoms with Gasteiger partial charge in [-0.15, -0.1) is 0 Å². The number of primary amides is 1. The highest BCUT2D eigenvalue weighted by Crippen LogP contribution is 2.46. The second-order valence-electron chi connectivity index (χ2n) is 9.98. The summed E-state index contributed by atoms with van der Waals surface area (Å²) in [4.78, 5) is 30.6. The maximum Gasteiger partial charge on any atom is 0.229 e. The molecule has 2 unspecified atom stereocenters. The molecule has 3 heterocycles. The molecule has 2 aromatic heterocycles. The van der Waals surface area contributed by atoms with Crippen LogP contribution in [0.1, 0.15) is 32.3 Å². The minimum Gasteiger partial charge on any atom is -0.465 e. The molecule has 0 fully saturated rings. The molecular weight excluding hydrogens is 511 g/mol. The molecule has 0 aliphatic carbocycles. The number of H-pyrrole nitrogens is 1. The van der Waals surface area contributed by atoms with Crippen LogP contribution in [0.25, 0.3) is 33.6 Å². The highest BCUT2D eigenvalue weighted by atomic mass is 35.5. The summed E-state index contributed by atoms with van der Waals surface area (Å²) in [6.45, 7) is 5.33. The largest absolute Gasteiger partial charge is 0.465 e. The Balaban J connectivity index is 1.70. The highest BCUT2D eigenvalue weighted by molar-refractivity contribution is 6.33. The fourth-order valence-electron chi connectivity index (χ4n) is 4.46. The van der Waals surface area contributed by atoms with Crippen LogP contribution in [0.4, 0.5) is 0 Å². The summed E-state index contributed by atoms with van der Waals surface area (Å²) in [5.74, 6) is -1.66. The zero-order valence-corrected chi connectivity index (χ0v) is 21.9. The molecule has 0 radical (unpaired) electrons. The second-order valence-corrected chi connectivity index (χ2v) is 10.8. The van der Waals surface area contributed by atoms with E-state index in [4.69, 9.17) is 38.7 Å². The lowest BCUT2D eigenvalue weighted by Gasteiger charge is -2.23. The Morgan fingerprint density at radius 1 is 0.973 bits per heavy atom. The number of aromatic amines is 1. The first-order valence-electron chi connectivity index (χ1n) is 11.7. The van der Waals surface area contributed by atoms with Crippen molar-refractivity contribution >= 4 is 34.9 Å². The maximum absolute atomic E-state index is 13.2. The van der Waals surface area contributed by atoms with E-state index in [1.807, 2.05) is 42.5 Å². The van der Waals surface area contributed by atoms with Gasteiger partial charge in [0.2, 0.25) is 11.8 Å². The molecule has 3 N–H and O–H groups in total. The van der Waals surface area contributed by atoms with Gasteiger partial charge < -0.3 is 10.5 Å². The van der Waals surface area contributed by atoms with E-state index in [0.717, 1.165) is 16.8 Å². The number of nitrogens with zero attached hydrogens (tertiary/aromatic N) is 2. The normalized spacial score (nSPS) is 16.8. The fourth-order valence-corrected chi connectivity index (χ4v) is 4.86. The molecule has 4 aromatic rings. The van der Waals surface area contributed by atoms with Gasteiger partial charge in [0, 0.05) is 38.9 Å². The Bertz CT molecular complexity index is 1510. The molecule has 0 bridgehead atoms. The number of nitrogens with one attached hydrogen (secondary N) is 1. The molecule has 0 saturated heterocycles. The van der Waals surface area contributed by atoms with Gasteiger partial charge in [-0.2, -0.15) is 5.10 Å². The molecule has 0 saturated carbocycles. The number of benzene rings is 2. The van der Waals surface area contributed by atoms with Crippen molar-refractivity contribution in [2.45, 2.75) is 32.8 Å². The lowest BCUT2D eigenvalue weighted by atomic mass is 9.81. The van der Waals surface area contributed by atoms with Crippen LogP contribution in [-0.2, 0) is 9.59 Å². The van der Waals surface area contributed by atoms with Gasteiger partial charge in [0.15, 0.2) is 11.9 Å². The first-order chi connectivity index (χ1) is 17.5. The Kier molecular flexibility index (Phi) is 6.30. The fraction of sp³-hybridized carbons (Fsp3) is 0.214. The van der Waals surface area contributed by atoms with Crippen molar-refractivity contribution < 1.29 is 14.3 Å².